The molecule has 1 aromatic carbocycles. The lowest BCUT2D eigenvalue weighted by molar-refractivity contribution is -0.139. The third-order valence-corrected chi connectivity index (χ3v) is 2.46. The Kier molecular flexibility index (Phi) is 4.12. The molecule has 0 aliphatic carbocycles. The van der Waals surface area contributed by atoms with Crippen molar-refractivity contribution in [2.75, 3.05) is 0 Å². The van der Waals surface area contributed by atoms with E-state index >= 15 is 0 Å². The summed E-state index contributed by atoms with van der Waals surface area (Å²) in [6.07, 6.45) is -0.854. The number of hydrogen-bond donors (Lipinski definition) is 2. The number of aliphatic carboxylic acids is 1. The van der Waals surface area contributed by atoms with Gasteiger partial charge in [0.05, 0.1) is 12.5 Å². The van der Waals surface area contributed by atoms with Crippen LogP contribution in [0.5, 0.6) is 0 Å². The summed E-state index contributed by atoms with van der Waals surface area (Å²) >= 11 is 5.77. The molecule has 0 spiro atoms. The number of halogens is 1. The molecule has 1 aromatic rings. The summed E-state index contributed by atoms with van der Waals surface area (Å²) in [6, 6.07) is 6.81. The van der Waals surface area contributed by atoms with E-state index in [1.807, 2.05) is 0 Å². The minimum absolute atomic E-state index is 0.0618. The van der Waals surface area contributed by atoms with E-state index in [1.54, 1.807) is 31.2 Å². The maximum absolute atomic E-state index is 10.5. The second kappa shape index (κ2) is 5.14. The zero-order chi connectivity index (χ0) is 11.4. The molecule has 0 aliphatic rings. The largest absolute Gasteiger partial charge is 0.481 e. The average Bonchev–Trinajstić information content (AvgIpc) is 2.15. The fourth-order valence-corrected chi connectivity index (χ4v) is 1.60. The van der Waals surface area contributed by atoms with Crippen molar-refractivity contribution in [3.05, 3.63) is 34.9 Å². The predicted octanol–water partition coefficient (Wildman–Crippen LogP) is 2.48. The minimum Gasteiger partial charge on any atom is -0.481 e. The van der Waals surface area contributed by atoms with Crippen LogP contribution in [0.3, 0.4) is 0 Å². The molecule has 3 nitrogen and oxygen atoms in total. The van der Waals surface area contributed by atoms with Gasteiger partial charge in [-0.3, -0.25) is 4.79 Å². The Morgan fingerprint density at radius 1 is 1.53 bits per heavy atom. The molecule has 0 radical (unpaired) electrons. The van der Waals surface area contributed by atoms with Crippen molar-refractivity contribution in [2.45, 2.75) is 19.4 Å². The maximum Gasteiger partial charge on any atom is 0.303 e. The molecule has 0 aliphatic heterocycles. The quantitative estimate of drug-likeness (QED) is 0.833. The molecule has 2 unspecified atom stereocenters. The topological polar surface area (TPSA) is 57.5 Å². The van der Waals surface area contributed by atoms with Crippen LogP contribution in [-0.2, 0) is 4.79 Å². The lowest BCUT2D eigenvalue weighted by atomic mass is 9.95. The smallest absolute Gasteiger partial charge is 0.303 e. The zero-order valence-corrected chi connectivity index (χ0v) is 9.11. The summed E-state index contributed by atoms with van der Waals surface area (Å²) in [4.78, 5) is 10.5. The fraction of sp³-hybridized carbons (Fsp3) is 0.364. The predicted molar refractivity (Wildman–Crippen MR) is 57.8 cm³/mol. The van der Waals surface area contributed by atoms with E-state index in [9.17, 15) is 9.90 Å². The van der Waals surface area contributed by atoms with E-state index in [1.165, 1.54) is 0 Å². The second-order valence-corrected chi connectivity index (χ2v) is 4.01. The number of carboxylic acid groups (broad SMARTS) is 1. The lowest BCUT2D eigenvalue weighted by Crippen LogP contribution is -2.13. The van der Waals surface area contributed by atoms with Crippen molar-refractivity contribution < 1.29 is 15.0 Å². The summed E-state index contributed by atoms with van der Waals surface area (Å²) in [7, 11) is 0. The standard InChI is InChI=1S/C11H13ClO3/c1-7(5-10(13)14)11(15)8-3-2-4-9(12)6-8/h2-4,6-7,11,15H,5H2,1H3,(H,13,14). The number of rotatable bonds is 4. The van der Waals surface area contributed by atoms with Gasteiger partial charge in [-0.2, -0.15) is 0 Å². The Bertz CT molecular complexity index is 351. The van der Waals surface area contributed by atoms with Gasteiger partial charge in [0.2, 0.25) is 0 Å². The van der Waals surface area contributed by atoms with Crippen LogP contribution in [-0.4, -0.2) is 16.2 Å². The molecule has 2 atom stereocenters. The first-order valence-electron chi connectivity index (χ1n) is 4.66. The van der Waals surface area contributed by atoms with Crippen molar-refractivity contribution in [3.63, 3.8) is 0 Å². The summed E-state index contributed by atoms with van der Waals surface area (Å²) in [6.45, 7) is 1.69. The molecule has 0 amide bonds. The van der Waals surface area contributed by atoms with Gasteiger partial charge in [0.1, 0.15) is 0 Å². The monoisotopic (exact) mass is 228 g/mol. The summed E-state index contributed by atoms with van der Waals surface area (Å²) in [5, 5.41) is 19.0. The van der Waals surface area contributed by atoms with E-state index in [0.717, 1.165) is 0 Å². The van der Waals surface area contributed by atoms with Crippen LogP contribution >= 0.6 is 11.6 Å². The molecule has 0 aromatic heterocycles. The molecule has 0 saturated heterocycles. The van der Waals surface area contributed by atoms with Crippen LogP contribution in [0.1, 0.15) is 25.0 Å². The van der Waals surface area contributed by atoms with Gasteiger partial charge in [0, 0.05) is 5.02 Å². The van der Waals surface area contributed by atoms with Gasteiger partial charge in [-0.05, 0) is 23.6 Å². The van der Waals surface area contributed by atoms with E-state index in [-0.39, 0.29) is 12.3 Å². The Labute approximate surface area is 93.3 Å². The third kappa shape index (κ3) is 3.53. The van der Waals surface area contributed by atoms with Gasteiger partial charge in [-0.25, -0.2) is 0 Å². The SMILES string of the molecule is CC(CC(=O)O)C(O)c1cccc(Cl)c1. The Morgan fingerprint density at radius 3 is 2.73 bits per heavy atom. The number of carboxylic acids is 1. The summed E-state index contributed by atoms with van der Waals surface area (Å²) < 4.78 is 0. The average molecular weight is 229 g/mol. The number of benzene rings is 1. The highest BCUT2D eigenvalue weighted by atomic mass is 35.5. The van der Waals surface area contributed by atoms with Crippen LogP contribution in [0.2, 0.25) is 5.02 Å². The first-order valence-corrected chi connectivity index (χ1v) is 5.04. The van der Waals surface area contributed by atoms with Crippen LogP contribution in [0.4, 0.5) is 0 Å². The minimum atomic E-state index is -0.913. The molecule has 1 rings (SSSR count). The highest BCUT2D eigenvalue weighted by Crippen LogP contribution is 2.26. The Hall–Kier alpha value is -1.06. The fourth-order valence-electron chi connectivity index (χ4n) is 1.41. The third-order valence-electron chi connectivity index (χ3n) is 2.23. The summed E-state index contributed by atoms with van der Waals surface area (Å²) in [5.41, 5.74) is 0.649. The molecule has 2 N–H and O–H groups in total. The van der Waals surface area contributed by atoms with Crippen LogP contribution in [0, 0.1) is 5.92 Å². The van der Waals surface area contributed by atoms with E-state index in [4.69, 9.17) is 16.7 Å². The van der Waals surface area contributed by atoms with Gasteiger partial charge < -0.3 is 10.2 Å². The molecular weight excluding hydrogens is 216 g/mol. The van der Waals surface area contributed by atoms with Crippen LogP contribution in [0.15, 0.2) is 24.3 Å². The lowest BCUT2D eigenvalue weighted by Gasteiger charge is -2.17. The second-order valence-electron chi connectivity index (χ2n) is 3.57. The van der Waals surface area contributed by atoms with Crippen molar-refractivity contribution in [1.29, 1.82) is 0 Å². The molecule has 0 heterocycles. The Balaban J connectivity index is 2.75. The molecule has 82 valence electrons. The first kappa shape index (κ1) is 12.0. The van der Waals surface area contributed by atoms with E-state index in [0.29, 0.717) is 10.6 Å². The van der Waals surface area contributed by atoms with Gasteiger partial charge in [0.25, 0.3) is 0 Å². The molecule has 0 saturated carbocycles. The van der Waals surface area contributed by atoms with Gasteiger partial charge >= 0.3 is 5.97 Å². The summed E-state index contributed by atoms with van der Waals surface area (Å²) in [5.74, 6) is -1.25. The zero-order valence-electron chi connectivity index (χ0n) is 8.35. The number of aliphatic hydroxyl groups excluding tert-OH is 1. The maximum atomic E-state index is 10.5. The highest BCUT2D eigenvalue weighted by molar-refractivity contribution is 6.30. The highest BCUT2D eigenvalue weighted by Gasteiger charge is 2.19. The van der Waals surface area contributed by atoms with Gasteiger partial charge in [-0.15, -0.1) is 0 Å². The normalized spacial score (nSPS) is 14.6. The van der Waals surface area contributed by atoms with Crippen molar-refractivity contribution in [1.82, 2.24) is 0 Å². The van der Waals surface area contributed by atoms with Crippen LogP contribution < -0.4 is 0 Å². The molecule has 0 fully saturated rings. The number of aliphatic hydroxyl groups is 1. The van der Waals surface area contributed by atoms with Crippen molar-refractivity contribution in [2.24, 2.45) is 5.92 Å². The van der Waals surface area contributed by atoms with E-state index in [2.05, 4.69) is 0 Å². The van der Waals surface area contributed by atoms with Crippen LogP contribution in [0.25, 0.3) is 0 Å². The van der Waals surface area contributed by atoms with E-state index < -0.39 is 12.1 Å². The molecule has 4 heteroatoms. The van der Waals surface area contributed by atoms with Crippen molar-refractivity contribution >= 4 is 17.6 Å². The molecular formula is C11H13ClO3. The van der Waals surface area contributed by atoms with Gasteiger partial charge in [-0.1, -0.05) is 30.7 Å². The molecule has 15 heavy (non-hydrogen) atoms. The molecule has 0 bridgehead atoms. The Morgan fingerprint density at radius 2 is 2.20 bits per heavy atom. The van der Waals surface area contributed by atoms with Crippen molar-refractivity contribution in [3.8, 4) is 0 Å². The number of carbonyl (C=O) groups is 1. The number of hydrogen-bond acceptors (Lipinski definition) is 2. The first-order chi connectivity index (χ1) is 7.00. The van der Waals surface area contributed by atoms with Gasteiger partial charge in [0.15, 0.2) is 0 Å².